The normalized spacial score (nSPS) is 17.1. The van der Waals surface area contributed by atoms with Gasteiger partial charge in [-0.15, -0.1) is 0 Å². The maximum Gasteiger partial charge on any atom is 0.330 e. The molecule has 0 N–H and O–H groups in total. The summed E-state index contributed by atoms with van der Waals surface area (Å²) in [6.07, 6.45) is 23.7. The summed E-state index contributed by atoms with van der Waals surface area (Å²) in [6, 6.07) is 42.6. The number of carbonyl (C=O) groups is 2. The van der Waals surface area contributed by atoms with Crippen molar-refractivity contribution in [1.29, 1.82) is 5.26 Å². The van der Waals surface area contributed by atoms with Crippen molar-refractivity contribution in [2.45, 2.75) is 140 Å². The summed E-state index contributed by atoms with van der Waals surface area (Å²) in [5.41, 5.74) is 7.86. The van der Waals surface area contributed by atoms with E-state index in [1.54, 1.807) is 0 Å². The van der Waals surface area contributed by atoms with Gasteiger partial charge >= 0.3 is 11.9 Å². The van der Waals surface area contributed by atoms with E-state index in [1.165, 1.54) is 61.8 Å². The van der Waals surface area contributed by atoms with Crippen LogP contribution in [0.4, 0.5) is 0 Å². The van der Waals surface area contributed by atoms with Crippen molar-refractivity contribution < 1.29 is 38.0 Å². The van der Waals surface area contributed by atoms with Gasteiger partial charge in [0.2, 0.25) is 0 Å². The number of nitriles is 1. The van der Waals surface area contributed by atoms with Gasteiger partial charge in [0.15, 0.2) is 0 Å². The third kappa shape index (κ3) is 18.5. The van der Waals surface area contributed by atoms with Crippen molar-refractivity contribution in [3.8, 4) is 51.3 Å². The van der Waals surface area contributed by atoms with E-state index in [2.05, 4.69) is 104 Å². The van der Waals surface area contributed by atoms with E-state index in [0.29, 0.717) is 74.6 Å². The van der Waals surface area contributed by atoms with Crippen molar-refractivity contribution >= 4 is 11.9 Å². The topological polar surface area (TPSA) is 113 Å². The fourth-order valence-corrected chi connectivity index (χ4v) is 11.0. The SMILES string of the molecule is C=CC(=O)OCCCCCCOc1cc(C2CCC(CCCOc3ccc(C#N)c(OCCCC4CCC(c5ccc(-c6ccccc6)c(OCCCCCCOC(=O)C=C)c5)CC4)c3)CC2)ccc1-c1ccccc1. The van der Waals surface area contributed by atoms with Gasteiger partial charge in [0.05, 0.1) is 45.2 Å². The summed E-state index contributed by atoms with van der Waals surface area (Å²) < 4.78 is 35.7. The van der Waals surface area contributed by atoms with Crippen molar-refractivity contribution in [2.75, 3.05) is 39.6 Å². The van der Waals surface area contributed by atoms with Crippen LogP contribution in [-0.2, 0) is 19.1 Å². The zero-order valence-electron chi connectivity index (χ0n) is 44.9. The lowest BCUT2D eigenvalue weighted by molar-refractivity contribution is -0.138. The zero-order chi connectivity index (χ0) is 53.0. The van der Waals surface area contributed by atoms with Crippen molar-refractivity contribution in [1.82, 2.24) is 0 Å². The molecule has 2 aliphatic carbocycles. The molecule has 0 amide bonds. The smallest absolute Gasteiger partial charge is 0.330 e. The molecule has 0 aromatic heterocycles. The first kappa shape index (κ1) is 56.9. The molecule has 0 saturated heterocycles. The van der Waals surface area contributed by atoms with Crippen LogP contribution < -0.4 is 18.9 Å². The molecule has 7 rings (SSSR count). The van der Waals surface area contributed by atoms with Gasteiger partial charge in [-0.25, -0.2) is 9.59 Å². The van der Waals surface area contributed by atoms with Crippen LogP contribution in [0.5, 0.6) is 23.0 Å². The fraction of sp³-hybridized carbons (Fsp3) is 0.448. The minimum Gasteiger partial charge on any atom is -0.493 e. The van der Waals surface area contributed by atoms with Crippen molar-refractivity contribution in [3.05, 3.63) is 157 Å². The molecule has 2 aliphatic rings. The van der Waals surface area contributed by atoms with Crippen molar-refractivity contribution in [2.24, 2.45) is 11.8 Å². The van der Waals surface area contributed by atoms with E-state index in [4.69, 9.17) is 28.4 Å². The van der Waals surface area contributed by atoms with Crippen LogP contribution in [0.25, 0.3) is 22.3 Å². The molecular formula is C67H81NO8. The number of hydrogen-bond donors (Lipinski definition) is 0. The second-order valence-corrected chi connectivity index (χ2v) is 20.7. The predicted molar refractivity (Wildman–Crippen MR) is 304 cm³/mol. The van der Waals surface area contributed by atoms with Gasteiger partial charge in [0, 0.05) is 29.3 Å². The standard InChI is InChI=1S/C67H81NO8/c1-3-66(69)75-43-17-7-5-15-41-73-64-47-57(36-39-61(64)55-23-11-9-12-24-55)53-31-27-51(28-32-53)21-19-45-71-60-38-35-59(50-68)63(49-60)72-46-20-22-52-29-33-54(34-30-52)58-37-40-62(56-25-13-10-14-26-56)65(48-58)74-42-16-6-8-18-44-76-67(70)4-2/h3-4,9-14,23-26,35-40,47-49,51-54H,1-2,5-8,15-22,27-34,41-46H2. The number of esters is 2. The molecule has 0 atom stereocenters. The number of carbonyl (C=O) groups excluding carboxylic acids is 2. The quantitative estimate of drug-likeness (QED) is 0.0236. The highest BCUT2D eigenvalue weighted by molar-refractivity contribution is 5.81. The molecule has 5 aromatic carbocycles. The maximum atomic E-state index is 11.3. The van der Waals surface area contributed by atoms with Gasteiger partial charge in [-0.2, -0.15) is 5.26 Å². The van der Waals surface area contributed by atoms with E-state index in [9.17, 15) is 14.9 Å². The van der Waals surface area contributed by atoms with Crippen LogP contribution in [0.3, 0.4) is 0 Å². The van der Waals surface area contributed by atoms with Gasteiger partial charge in [-0.3, -0.25) is 0 Å². The van der Waals surface area contributed by atoms with Crippen LogP contribution in [0.15, 0.2) is 141 Å². The van der Waals surface area contributed by atoms with E-state index < -0.39 is 0 Å². The highest BCUT2D eigenvalue weighted by Gasteiger charge is 2.25. The Labute approximate surface area is 453 Å². The molecule has 0 heterocycles. The third-order valence-corrected chi connectivity index (χ3v) is 15.3. The minimum absolute atomic E-state index is 0.363. The van der Waals surface area contributed by atoms with Crippen LogP contribution in [0.1, 0.15) is 157 Å². The summed E-state index contributed by atoms with van der Waals surface area (Å²) in [6.45, 7) is 10.3. The van der Waals surface area contributed by atoms with Crippen LogP contribution in [-0.4, -0.2) is 51.6 Å². The first-order chi connectivity index (χ1) is 37.4. The van der Waals surface area contributed by atoms with E-state index in [1.807, 2.05) is 30.3 Å². The first-order valence-electron chi connectivity index (χ1n) is 28.4. The number of benzene rings is 5. The molecule has 2 fully saturated rings. The summed E-state index contributed by atoms with van der Waals surface area (Å²) in [4.78, 5) is 22.6. The minimum atomic E-state index is -0.365. The molecule has 5 aromatic rings. The number of hydrogen-bond acceptors (Lipinski definition) is 9. The molecule has 2 saturated carbocycles. The molecule has 0 radical (unpaired) electrons. The monoisotopic (exact) mass is 1030 g/mol. The molecule has 9 nitrogen and oxygen atoms in total. The predicted octanol–water partition coefficient (Wildman–Crippen LogP) is 16.5. The van der Waals surface area contributed by atoms with Gasteiger partial charge < -0.3 is 28.4 Å². The molecular weight excluding hydrogens is 947 g/mol. The Kier molecular flexibility index (Phi) is 23.9. The number of ether oxygens (including phenoxy) is 6. The fourth-order valence-electron chi connectivity index (χ4n) is 11.0. The Morgan fingerprint density at radius 3 is 1.33 bits per heavy atom. The second kappa shape index (κ2) is 31.9. The Morgan fingerprint density at radius 2 is 0.882 bits per heavy atom. The molecule has 0 spiro atoms. The van der Waals surface area contributed by atoms with Gasteiger partial charge in [-0.1, -0.05) is 98.1 Å². The number of nitrogens with zero attached hydrogens (tertiary/aromatic N) is 1. The molecule has 0 aliphatic heterocycles. The second-order valence-electron chi connectivity index (χ2n) is 20.7. The van der Waals surface area contributed by atoms with Gasteiger partial charge in [0.1, 0.15) is 29.1 Å². The van der Waals surface area contributed by atoms with Crippen LogP contribution in [0, 0.1) is 23.2 Å². The molecule has 402 valence electrons. The lowest BCUT2D eigenvalue weighted by Gasteiger charge is -2.29. The average Bonchev–Trinajstić information content (AvgIpc) is 3.47. The maximum absolute atomic E-state index is 11.3. The summed E-state index contributed by atoms with van der Waals surface area (Å²) in [5.74, 6) is 4.95. The Hall–Kier alpha value is -6.79. The molecule has 76 heavy (non-hydrogen) atoms. The Morgan fingerprint density at radius 1 is 0.461 bits per heavy atom. The van der Waals surface area contributed by atoms with E-state index in [0.717, 1.165) is 129 Å². The lowest BCUT2D eigenvalue weighted by atomic mass is 9.77. The van der Waals surface area contributed by atoms with Crippen LogP contribution >= 0.6 is 0 Å². The zero-order valence-corrected chi connectivity index (χ0v) is 44.9. The first-order valence-corrected chi connectivity index (χ1v) is 28.4. The Bertz CT molecular complexity index is 2590. The molecule has 0 unspecified atom stereocenters. The number of rotatable bonds is 32. The number of unbranched alkanes of at least 4 members (excludes halogenated alkanes) is 6. The summed E-state index contributed by atoms with van der Waals surface area (Å²) in [7, 11) is 0. The lowest BCUT2D eigenvalue weighted by Crippen LogP contribution is -2.15. The van der Waals surface area contributed by atoms with Crippen molar-refractivity contribution in [3.63, 3.8) is 0 Å². The average molecular weight is 1030 g/mol. The Balaban J connectivity index is 0.794. The highest BCUT2D eigenvalue weighted by atomic mass is 16.5. The van der Waals surface area contributed by atoms with Crippen LogP contribution in [0.2, 0.25) is 0 Å². The van der Waals surface area contributed by atoms with Gasteiger partial charge in [-0.05, 0) is 199 Å². The largest absolute Gasteiger partial charge is 0.493 e. The van der Waals surface area contributed by atoms with E-state index >= 15 is 0 Å². The van der Waals surface area contributed by atoms with Gasteiger partial charge in [0.25, 0.3) is 0 Å². The third-order valence-electron chi connectivity index (χ3n) is 15.3. The molecule has 9 heteroatoms. The highest BCUT2D eigenvalue weighted by Crippen LogP contribution is 2.43. The summed E-state index contributed by atoms with van der Waals surface area (Å²) in [5, 5.41) is 9.89. The molecule has 0 bridgehead atoms. The summed E-state index contributed by atoms with van der Waals surface area (Å²) >= 11 is 0. The van der Waals surface area contributed by atoms with E-state index in [-0.39, 0.29) is 11.9 Å².